The molecule has 4 rings (SSSR count). The van der Waals surface area contributed by atoms with Crippen molar-refractivity contribution in [2.75, 3.05) is 5.32 Å². The normalized spacial score (nSPS) is 11.1. The largest absolute Gasteiger partial charge is 0.326 e. The molecule has 1 amide bonds. The van der Waals surface area contributed by atoms with Crippen molar-refractivity contribution in [2.24, 2.45) is 7.05 Å². The van der Waals surface area contributed by atoms with Crippen LogP contribution in [0.5, 0.6) is 0 Å². The zero-order valence-electron chi connectivity index (χ0n) is 15.8. The third-order valence-corrected chi connectivity index (χ3v) is 4.92. The Morgan fingerprint density at radius 2 is 1.78 bits per heavy atom. The van der Waals surface area contributed by atoms with Crippen LogP contribution in [0.15, 0.2) is 42.6 Å². The molecular weight excluding hydrogens is 338 g/mol. The van der Waals surface area contributed by atoms with Crippen molar-refractivity contribution in [1.29, 1.82) is 0 Å². The zero-order chi connectivity index (χ0) is 19.1. The van der Waals surface area contributed by atoms with Gasteiger partial charge in [0.1, 0.15) is 5.69 Å². The monoisotopic (exact) mass is 359 g/mol. The fourth-order valence-electron chi connectivity index (χ4n) is 3.12. The molecule has 4 aromatic rings. The number of hydrogen-bond acceptors (Lipinski definition) is 3. The highest BCUT2D eigenvalue weighted by atomic mass is 16.1. The van der Waals surface area contributed by atoms with Crippen LogP contribution >= 0.6 is 0 Å². The summed E-state index contributed by atoms with van der Waals surface area (Å²) in [5.74, 6) is 0.551. The summed E-state index contributed by atoms with van der Waals surface area (Å²) in [4.78, 5) is 17.3. The zero-order valence-corrected chi connectivity index (χ0v) is 15.8. The first-order valence-corrected chi connectivity index (χ1v) is 8.79. The number of aromatic nitrogens is 4. The molecule has 136 valence electrons. The van der Waals surface area contributed by atoms with Crippen LogP contribution in [-0.4, -0.2) is 25.7 Å². The third-order valence-electron chi connectivity index (χ3n) is 4.92. The molecule has 0 aliphatic carbocycles. The van der Waals surface area contributed by atoms with Crippen LogP contribution in [0, 0.1) is 20.8 Å². The van der Waals surface area contributed by atoms with E-state index >= 15 is 0 Å². The van der Waals surface area contributed by atoms with Gasteiger partial charge in [0, 0.05) is 12.6 Å². The number of carbonyl (C=O) groups excluding carboxylic acids is 1. The van der Waals surface area contributed by atoms with Crippen LogP contribution in [0.2, 0.25) is 0 Å². The minimum absolute atomic E-state index is 0.178. The number of aromatic amines is 1. The molecule has 27 heavy (non-hydrogen) atoms. The molecule has 0 radical (unpaired) electrons. The summed E-state index contributed by atoms with van der Waals surface area (Å²) < 4.78 is 2.01. The van der Waals surface area contributed by atoms with E-state index in [0.717, 1.165) is 22.4 Å². The van der Waals surface area contributed by atoms with Gasteiger partial charge in [-0.25, -0.2) is 4.98 Å². The maximum atomic E-state index is 12.6. The van der Waals surface area contributed by atoms with Gasteiger partial charge in [0.25, 0.3) is 5.91 Å². The number of imidazole rings is 1. The number of amides is 1. The lowest BCUT2D eigenvalue weighted by atomic mass is 10.1. The van der Waals surface area contributed by atoms with Gasteiger partial charge in [-0.15, -0.1) is 0 Å². The number of rotatable bonds is 3. The summed E-state index contributed by atoms with van der Waals surface area (Å²) in [6.45, 7) is 6.16. The summed E-state index contributed by atoms with van der Waals surface area (Å²) in [6.07, 6.45) is 1.61. The number of fused-ring (bicyclic) bond motifs is 1. The van der Waals surface area contributed by atoms with Gasteiger partial charge in [-0.3, -0.25) is 9.89 Å². The number of benzene rings is 2. The number of anilines is 1. The first-order chi connectivity index (χ1) is 12.9. The van der Waals surface area contributed by atoms with Crippen molar-refractivity contribution in [1.82, 2.24) is 19.7 Å². The molecule has 2 N–H and O–H groups in total. The molecule has 0 saturated heterocycles. The van der Waals surface area contributed by atoms with Gasteiger partial charge in [0.05, 0.1) is 22.9 Å². The van der Waals surface area contributed by atoms with Crippen LogP contribution in [0.4, 0.5) is 5.69 Å². The average Bonchev–Trinajstić information content (AvgIpc) is 3.21. The van der Waals surface area contributed by atoms with E-state index in [1.54, 1.807) is 6.20 Å². The topological polar surface area (TPSA) is 75.6 Å². The van der Waals surface area contributed by atoms with E-state index in [9.17, 15) is 4.79 Å². The van der Waals surface area contributed by atoms with Crippen LogP contribution in [0.1, 0.15) is 27.0 Å². The Morgan fingerprint density at radius 3 is 2.52 bits per heavy atom. The van der Waals surface area contributed by atoms with Crippen molar-refractivity contribution in [3.05, 3.63) is 64.8 Å². The SMILES string of the molecule is Cc1ccc(C(=O)Nc2cn[nH]c2-c2nc3cc(C)c(C)cc3n2C)cc1. The van der Waals surface area contributed by atoms with Crippen molar-refractivity contribution in [2.45, 2.75) is 20.8 Å². The maximum Gasteiger partial charge on any atom is 0.255 e. The Balaban J connectivity index is 1.72. The number of carbonyl (C=O) groups is 1. The Hall–Kier alpha value is -3.41. The van der Waals surface area contributed by atoms with Gasteiger partial charge in [-0.2, -0.15) is 5.10 Å². The Kier molecular flexibility index (Phi) is 4.03. The molecule has 2 heterocycles. The summed E-state index contributed by atoms with van der Waals surface area (Å²) in [6, 6.07) is 11.7. The second-order valence-electron chi connectivity index (χ2n) is 6.90. The molecule has 0 saturated carbocycles. The first-order valence-electron chi connectivity index (χ1n) is 8.79. The van der Waals surface area contributed by atoms with E-state index in [4.69, 9.17) is 4.98 Å². The minimum atomic E-state index is -0.178. The number of hydrogen-bond donors (Lipinski definition) is 2. The Labute approximate surface area is 157 Å². The van der Waals surface area contributed by atoms with E-state index in [2.05, 4.69) is 41.5 Å². The average molecular weight is 359 g/mol. The molecule has 6 heteroatoms. The maximum absolute atomic E-state index is 12.6. The molecule has 0 aliphatic rings. The molecular formula is C21H21N5O. The van der Waals surface area contributed by atoms with Crippen molar-refractivity contribution in [3.63, 3.8) is 0 Å². The standard InChI is InChI=1S/C21H21N5O/c1-12-5-7-15(8-6-12)21(27)24-17-11-22-25-19(17)20-23-16-9-13(2)14(3)10-18(16)26(20)4/h5-11H,1-4H3,(H,22,25)(H,24,27). The molecule has 0 atom stereocenters. The molecule has 0 aliphatic heterocycles. The lowest BCUT2D eigenvalue weighted by molar-refractivity contribution is 0.102. The Bertz CT molecular complexity index is 1150. The van der Waals surface area contributed by atoms with Crippen molar-refractivity contribution >= 4 is 22.6 Å². The summed E-state index contributed by atoms with van der Waals surface area (Å²) in [7, 11) is 1.96. The second kappa shape index (κ2) is 6.39. The van der Waals surface area contributed by atoms with Gasteiger partial charge < -0.3 is 9.88 Å². The van der Waals surface area contributed by atoms with Gasteiger partial charge in [-0.1, -0.05) is 17.7 Å². The molecule has 2 aromatic heterocycles. The van der Waals surface area contributed by atoms with Crippen LogP contribution in [-0.2, 0) is 7.05 Å². The predicted octanol–water partition coefficient (Wildman–Crippen LogP) is 4.14. The fraction of sp³-hybridized carbons (Fsp3) is 0.190. The molecule has 0 spiro atoms. The van der Waals surface area contributed by atoms with E-state index in [-0.39, 0.29) is 5.91 Å². The van der Waals surface area contributed by atoms with Crippen molar-refractivity contribution in [3.8, 4) is 11.5 Å². The molecule has 0 fully saturated rings. The van der Waals surface area contributed by atoms with Gasteiger partial charge >= 0.3 is 0 Å². The molecule has 6 nitrogen and oxygen atoms in total. The summed E-state index contributed by atoms with van der Waals surface area (Å²) in [5.41, 5.74) is 7.38. The number of nitrogens with one attached hydrogen (secondary N) is 2. The number of nitrogens with zero attached hydrogens (tertiary/aromatic N) is 3. The van der Waals surface area contributed by atoms with Gasteiger partial charge in [0.15, 0.2) is 5.82 Å². The lowest BCUT2D eigenvalue weighted by Gasteiger charge is -2.07. The smallest absolute Gasteiger partial charge is 0.255 e. The lowest BCUT2D eigenvalue weighted by Crippen LogP contribution is -2.12. The molecule has 0 bridgehead atoms. The highest BCUT2D eigenvalue weighted by Crippen LogP contribution is 2.29. The molecule has 2 aromatic carbocycles. The highest BCUT2D eigenvalue weighted by molar-refractivity contribution is 6.05. The van der Waals surface area contributed by atoms with Crippen LogP contribution in [0.25, 0.3) is 22.6 Å². The van der Waals surface area contributed by atoms with Crippen LogP contribution in [0.3, 0.4) is 0 Å². The third kappa shape index (κ3) is 2.99. The fourth-order valence-corrected chi connectivity index (χ4v) is 3.12. The highest BCUT2D eigenvalue weighted by Gasteiger charge is 2.18. The number of aryl methyl sites for hydroxylation is 4. The van der Waals surface area contributed by atoms with E-state index in [0.29, 0.717) is 16.9 Å². The number of H-pyrrole nitrogens is 1. The molecule has 0 unspecified atom stereocenters. The van der Waals surface area contributed by atoms with Gasteiger partial charge in [0.2, 0.25) is 0 Å². The summed E-state index contributed by atoms with van der Waals surface area (Å²) >= 11 is 0. The summed E-state index contributed by atoms with van der Waals surface area (Å²) in [5, 5.41) is 10.0. The van der Waals surface area contributed by atoms with E-state index < -0.39 is 0 Å². The first kappa shape index (κ1) is 17.0. The van der Waals surface area contributed by atoms with E-state index in [1.165, 1.54) is 11.1 Å². The van der Waals surface area contributed by atoms with Gasteiger partial charge in [-0.05, 0) is 56.2 Å². The quantitative estimate of drug-likeness (QED) is 0.577. The second-order valence-corrected chi connectivity index (χ2v) is 6.90. The van der Waals surface area contributed by atoms with Crippen molar-refractivity contribution < 1.29 is 4.79 Å². The minimum Gasteiger partial charge on any atom is -0.326 e. The van der Waals surface area contributed by atoms with E-state index in [1.807, 2.05) is 42.8 Å². The predicted molar refractivity (Wildman–Crippen MR) is 107 cm³/mol. The Morgan fingerprint density at radius 1 is 1.07 bits per heavy atom. The van der Waals surface area contributed by atoms with Crippen LogP contribution < -0.4 is 5.32 Å².